The minimum absolute atomic E-state index is 0.305. The maximum Gasteiger partial charge on any atom is 0.0756 e. The molecule has 2 heterocycles. The summed E-state index contributed by atoms with van der Waals surface area (Å²) in [6.07, 6.45) is 2.13. The van der Waals surface area contributed by atoms with Crippen molar-refractivity contribution in [3.05, 3.63) is 84.1 Å². The molecule has 1 aromatic heterocycles. The summed E-state index contributed by atoms with van der Waals surface area (Å²) in [4.78, 5) is 8.43. The van der Waals surface area contributed by atoms with E-state index in [2.05, 4.69) is 71.7 Å². The van der Waals surface area contributed by atoms with Gasteiger partial charge in [-0.15, -0.1) is 0 Å². The number of nitrogens with one attached hydrogen (secondary N) is 1. The zero-order valence-electron chi connectivity index (χ0n) is 12.4. The first kappa shape index (κ1) is 13.1. The van der Waals surface area contributed by atoms with Crippen molar-refractivity contribution in [2.24, 2.45) is 4.99 Å². The standard InChI is InChI=1S/C20H18N2/c1-3-7-15(8-4-1)17-11-13-19(21-17)20-14-12-18(22-20)16-9-5-2-6-10-16/h1-11,13,18,21H,12,14H2. The molecule has 22 heavy (non-hydrogen) atoms. The van der Waals surface area contributed by atoms with Gasteiger partial charge in [-0.25, -0.2) is 0 Å². The van der Waals surface area contributed by atoms with Crippen LogP contribution in [0.5, 0.6) is 0 Å². The number of aromatic amines is 1. The van der Waals surface area contributed by atoms with Gasteiger partial charge >= 0.3 is 0 Å². The molecule has 4 rings (SSSR count). The number of benzene rings is 2. The van der Waals surface area contributed by atoms with Crippen molar-refractivity contribution in [3.8, 4) is 11.3 Å². The van der Waals surface area contributed by atoms with E-state index in [0.717, 1.165) is 24.2 Å². The maximum absolute atomic E-state index is 4.92. The second kappa shape index (κ2) is 5.64. The van der Waals surface area contributed by atoms with E-state index in [0.29, 0.717) is 6.04 Å². The van der Waals surface area contributed by atoms with E-state index in [1.54, 1.807) is 0 Å². The Labute approximate surface area is 130 Å². The fraction of sp³-hybridized carbons (Fsp3) is 0.150. The van der Waals surface area contributed by atoms with Crippen molar-refractivity contribution in [1.29, 1.82) is 0 Å². The lowest BCUT2D eigenvalue weighted by molar-refractivity contribution is 0.723. The highest BCUT2D eigenvalue weighted by Gasteiger charge is 2.20. The number of rotatable bonds is 3. The fourth-order valence-electron chi connectivity index (χ4n) is 3.06. The zero-order valence-corrected chi connectivity index (χ0v) is 12.4. The Bertz CT molecular complexity index is 785. The summed E-state index contributed by atoms with van der Waals surface area (Å²) in [5, 5.41) is 0. The average Bonchev–Trinajstić information content (AvgIpc) is 3.26. The Morgan fingerprint density at radius 1 is 0.773 bits per heavy atom. The molecule has 1 N–H and O–H groups in total. The fourth-order valence-corrected chi connectivity index (χ4v) is 3.06. The highest BCUT2D eigenvalue weighted by Crippen LogP contribution is 2.31. The lowest BCUT2D eigenvalue weighted by atomic mass is 10.0. The van der Waals surface area contributed by atoms with Crippen LogP contribution >= 0.6 is 0 Å². The van der Waals surface area contributed by atoms with Crippen molar-refractivity contribution < 1.29 is 0 Å². The van der Waals surface area contributed by atoms with Crippen LogP contribution < -0.4 is 0 Å². The van der Waals surface area contributed by atoms with Crippen LogP contribution in [0, 0.1) is 0 Å². The summed E-state index contributed by atoms with van der Waals surface area (Å²) >= 11 is 0. The van der Waals surface area contributed by atoms with Gasteiger partial charge in [0, 0.05) is 5.69 Å². The Hall–Kier alpha value is -2.61. The molecule has 0 aliphatic carbocycles. The highest BCUT2D eigenvalue weighted by molar-refractivity contribution is 6.01. The monoisotopic (exact) mass is 286 g/mol. The first-order valence-electron chi connectivity index (χ1n) is 7.76. The van der Waals surface area contributed by atoms with Gasteiger partial charge < -0.3 is 4.98 Å². The molecule has 1 atom stereocenters. The van der Waals surface area contributed by atoms with Crippen molar-refractivity contribution in [1.82, 2.24) is 4.98 Å². The summed E-state index contributed by atoms with van der Waals surface area (Å²) in [7, 11) is 0. The van der Waals surface area contributed by atoms with Gasteiger partial charge in [0.15, 0.2) is 0 Å². The summed E-state index contributed by atoms with van der Waals surface area (Å²) in [6, 6.07) is 25.6. The molecule has 1 unspecified atom stereocenters. The molecule has 0 radical (unpaired) electrons. The first-order valence-corrected chi connectivity index (χ1v) is 7.76. The van der Waals surface area contributed by atoms with Gasteiger partial charge in [-0.3, -0.25) is 4.99 Å². The van der Waals surface area contributed by atoms with Crippen LogP contribution in [-0.2, 0) is 0 Å². The normalized spacial score (nSPS) is 17.5. The van der Waals surface area contributed by atoms with Gasteiger partial charge in [-0.1, -0.05) is 60.7 Å². The second-order valence-electron chi connectivity index (χ2n) is 5.69. The van der Waals surface area contributed by atoms with Gasteiger partial charge in [0.2, 0.25) is 0 Å². The molecule has 3 aromatic rings. The van der Waals surface area contributed by atoms with Crippen molar-refractivity contribution in [3.63, 3.8) is 0 Å². The number of nitrogens with zero attached hydrogens (tertiary/aromatic N) is 1. The van der Waals surface area contributed by atoms with Gasteiger partial charge in [0.25, 0.3) is 0 Å². The molecule has 0 spiro atoms. The van der Waals surface area contributed by atoms with Crippen LogP contribution in [0.1, 0.15) is 30.1 Å². The SMILES string of the molecule is c1ccc(-c2ccc(C3=NC(c4ccccc4)CC3)[nH]2)cc1. The van der Waals surface area contributed by atoms with Gasteiger partial charge in [-0.05, 0) is 36.1 Å². The lowest BCUT2D eigenvalue weighted by Crippen LogP contribution is -1.95. The molecule has 2 nitrogen and oxygen atoms in total. The highest BCUT2D eigenvalue weighted by atomic mass is 14.9. The predicted molar refractivity (Wildman–Crippen MR) is 91.2 cm³/mol. The quantitative estimate of drug-likeness (QED) is 0.701. The molecular weight excluding hydrogens is 268 g/mol. The maximum atomic E-state index is 4.92. The lowest BCUT2D eigenvalue weighted by Gasteiger charge is -2.05. The zero-order chi connectivity index (χ0) is 14.8. The average molecular weight is 286 g/mol. The Morgan fingerprint density at radius 2 is 1.45 bits per heavy atom. The van der Waals surface area contributed by atoms with E-state index >= 15 is 0 Å². The molecule has 0 saturated carbocycles. The van der Waals surface area contributed by atoms with E-state index in [4.69, 9.17) is 4.99 Å². The summed E-state index contributed by atoms with van der Waals surface area (Å²) < 4.78 is 0. The minimum atomic E-state index is 0.305. The summed E-state index contributed by atoms with van der Waals surface area (Å²) in [5.41, 5.74) is 6.02. The molecule has 108 valence electrons. The van der Waals surface area contributed by atoms with E-state index in [1.807, 2.05) is 6.07 Å². The van der Waals surface area contributed by atoms with Crippen molar-refractivity contribution >= 4 is 5.71 Å². The molecule has 1 aliphatic rings. The minimum Gasteiger partial charge on any atom is -0.354 e. The third kappa shape index (κ3) is 2.48. The Morgan fingerprint density at radius 3 is 2.23 bits per heavy atom. The molecule has 2 heteroatoms. The van der Waals surface area contributed by atoms with Crippen molar-refractivity contribution in [2.75, 3.05) is 0 Å². The van der Waals surface area contributed by atoms with Crippen LogP contribution in [0.15, 0.2) is 77.8 Å². The predicted octanol–water partition coefficient (Wildman–Crippen LogP) is 5.01. The van der Waals surface area contributed by atoms with Gasteiger partial charge in [-0.2, -0.15) is 0 Å². The Balaban J connectivity index is 1.60. The van der Waals surface area contributed by atoms with E-state index in [1.165, 1.54) is 16.8 Å². The van der Waals surface area contributed by atoms with Crippen LogP contribution in [0.2, 0.25) is 0 Å². The molecule has 0 amide bonds. The number of hydrogen-bond acceptors (Lipinski definition) is 1. The van der Waals surface area contributed by atoms with Crippen LogP contribution in [0.4, 0.5) is 0 Å². The van der Waals surface area contributed by atoms with E-state index in [-0.39, 0.29) is 0 Å². The molecule has 0 saturated heterocycles. The summed E-state index contributed by atoms with van der Waals surface area (Å²) in [5.74, 6) is 0. The van der Waals surface area contributed by atoms with Crippen LogP contribution in [-0.4, -0.2) is 10.7 Å². The van der Waals surface area contributed by atoms with Gasteiger partial charge in [0.1, 0.15) is 0 Å². The number of aliphatic imine (C=N–C) groups is 1. The van der Waals surface area contributed by atoms with Crippen molar-refractivity contribution in [2.45, 2.75) is 18.9 Å². The Kier molecular flexibility index (Phi) is 3.36. The molecule has 0 bridgehead atoms. The smallest absolute Gasteiger partial charge is 0.0756 e. The topological polar surface area (TPSA) is 28.1 Å². The summed E-state index contributed by atoms with van der Waals surface area (Å²) in [6.45, 7) is 0. The third-order valence-corrected chi connectivity index (χ3v) is 4.23. The van der Waals surface area contributed by atoms with E-state index in [9.17, 15) is 0 Å². The van der Waals surface area contributed by atoms with Crippen LogP contribution in [0.25, 0.3) is 11.3 Å². The molecular formula is C20H18N2. The molecule has 1 aliphatic heterocycles. The third-order valence-electron chi connectivity index (χ3n) is 4.23. The second-order valence-corrected chi connectivity index (χ2v) is 5.69. The first-order chi connectivity index (χ1) is 10.9. The van der Waals surface area contributed by atoms with Gasteiger partial charge in [0.05, 0.1) is 17.4 Å². The van der Waals surface area contributed by atoms with Crippen LogP contribution in [0.3, 0.4) is 0 Å². The number of H-pyrrole nitrogens is 1. The largest absolute Gasteiger partial charge is 0.354 e. The van der Waals surface area contributed by atoms with E-state index < -0.39 is 0 Å². The number of hydrogen-bond donors (Lipinski definition) is 1. The molecule has 2 aromatic carbocycles. The molecule has 0 fully saturated rings. The number of aromatic nitrogens is 1.